The maximum atomic E-state index is 9.76. The number of nitrogens with zero attached hydrogens (tertiary/aromatic N) is 3. The molecule has 0 saturated heterocycles. The Hall–Kier alpha value is -7.87. The molecule has 1 aromatic heterocycles. The van der Waals surface area contributed by atoms with E-state index in [0.717, 1.165) is 73.0 Å². The van der Waals surface area contributed by atoms with Crippen molar-refractivity contribution >= 4 is 0 Å². The van der Waals surface area contributed by atoms with Crippen LogP contribution in [-0.4, -0.2) is 9.97 Å². The third kappa shape index (κ3) is 5.29. The van der Waals surface area contributed by atoms with Crippen molar-refractivity contribution in [2.45, 2.75) is 5.41 Å². The zero-order chi connectivity index (χ0) is 38.6. The first kappa shape index (κ1) is 33.5. The van der Waals surface area contributed by atoms with E-state index in [4.69, 9.17) is 14.7 Å². The summed E-state index contributed by atoms with van der Waals surface area (Å²) in [5.41, 5.74) is 15.7. The SMILES string of the molecule is N#Cc1cccc(-c2ccc3c(c2)C2(c4cc(-c5cc(-c6cccc(-c7ccccc7)c6)nc(-c6ccccc6)n5)ccc4O3)c3ccccc3-c3ccccc32)c1. The number of hydrogen-bond donors (Lipinski definition) is 0. The second-order valence-corrected chi connectivity index (χ2v) is 14.8. The summed E-state index contributed by atoms with van der Waals surface area (Å²) in [6, 6.07) is 71.9. The average Bonchev–Trinajstić information content (AvgIpc) is 3.60. The van der Waals surface area contributed by atoms with E-state index in [9.17, 15) is 5.26 Å². The van der Waals surface area contributed by atoms with Crippen LogP contribution in [0.3, 0.4) is 0 Å². The summed E-state index contributed by atoms with van der Waals surface area (Å²) in [5, 5.41) is 9.76. The largest absolute Gasteiger partial charge is 0.457 e. The molecule has 0 bridgehead atoms. The van der Waals surface area contributed by atoms with Gasteiger partial charge in [0, 0.05) is 27.8 Å². The van der Waals surface area contributed by atoms with E-state index in [1.54, 1.807) is 0 Å². The van der Waals surface area contributed by atoms with Crippen LogP contribution >= 0.6 is 0 Å². The minimum atomic E-state index is -0.697. The second-order valence-electron chi connectivity index (χ2n) is 14.8. The molecule has 0 radical (unpaired) electrons. The van der Waals surface area contributed by atoms with Crippen LogP contribution in [0.15, 0.2) is 200 Å². The molecule has 0 saturated carbocycles. The molecular formula is C54H33N3O. The minimum Gasteiger partial charge on any atom is -0.457 e. The normalized spacial score (nSPS) is 12.7. The van der Waals surface area contributed by atoms with Gasteiger partial charge in [-0.3, -0.25) is 0 Å². The molecule has 8 aromatic carbocycles. The number of fused-ring (bicyclic) bond motifs is 9. The Bertz CT molecular complexity index is 3060. The molecule has 2 heterocycles. The Kier molecular flexibility index (Phi) is 7.74. The molecule has 0 atom stereocenters. The maximum absolute atomic E-state index is 9.76. The quantitative estimate of drug-likeness (QED) is 0.176. The van der Waals surface area contributed by atoms with Gasteiger partial charge in [-0.05, 0) is 99.1 Å². The van der Waals surface area contributed by atoms with E-state index in [1.807, 2.05) is 42.5 Å². The summed E-state index contributed by atoms with van der Waals surface area (Å²) in [6.07, 6.45) is 0. The number of rotatable bonds is 5. The van der Waals surface area contributed by atoms with E-state index in [2.05, 4.69) is 164 Å². The lowest BCUT2D eigenvalue weighted by molar-refractivity contribution is 0.436. The molecule has 2 aliphatic rings. The van der Waals surface area contributed by atoms with Crippen LogP contribution in [0, 0.1) is 11.3 Å². The first-order valence-electron chi connectivity index (χ1n) is 19.4. The van der Waals surface area contributed by atoms with Gasteiger partial charge in [0.1, 0.15) is 11.5 Å². The van der Waals surface area contributed by atoms with Gasteiger partial charge in [-0.25, -0.2) is 9.97 Å². The van der Waals surface area contributed by atoms with Crippen molar-refractivity contribution in [2.24, 2.45) is 0 Å². The fourth-order valence-electron chi connectivity index (χ4n) is 8.96. The summed E-state index contributed by atoms with van der Waals surface area (Å²) in [7, 11) is 0. The molecule has 4 heteroatoms. The van der Waals surface area contributed by atoms with Crippen molar-refractivity contribution in [3.8, 4) is 84.9 Å². The lowest BCUT2D eigenvalue weighted by atomic mass is 9.65. The zero-order valence-electron chi connectivity index (χ0n) is 31.3. The van der Waals surface area contributed by atoms with Gasteiger partial charge in [0.05, 0.1) is 28.4 Å². The van der Waals surface area contributed by atoms with E-state index < -0.39 is 5.41 Å². The molecule has 0 amide bonds. The summed E-state index contributed by atoms with van der Waals surface area (Å²) < 4.78 is 6.88. The Morgan fingerprint density at radius 3 is 1.52 bits per heavy atom. The summed E-state index contributed by atoms with van der Waals surface area (Å²) in [4.78, 5) is 10.4. The van der Waals surface area contributed by atoms with Crippen LogP contribution < -0.4 is 4.74 Å². The van der Waals surface area contributed by atoms with Crippen molar-refractivity contribution in [1.82, 2.24) is 9.97 Å². The molecule has 1 aliphatic carbocycles. The van der Waals surface area contributed by atoms with Crippen molar-refractivity contribution in [1.29, 1.82) is 5.26 Å². The van der Waals surface area contributed by atoms with Crippen LogP contribution in [-0.2, 0) is 5.41 Å². The molecule has 9 aromatic rings. The fraction of sp³-hybridized carbons (Fsp3) is 0.0185. The van der Waals surface area contributed by atoms with Gasteiger partial charge in [0.2, 0.25) is 0 Å². The van der Waals surface area contributed by atoms with Crippen molar-refractivity contribution in [3.63, 3.8) is 0 Å². The van der Waals surface area contributed by atoms with Gasteiger partial charge >= 0.3 is 0 Å². The van der Waals surface area contributed by atoms with E-state index in [-0.39, 0.29) is 0 Å². The molecule has 0 fully saturated rings. The molecular weight excluding hydrogens is 707 g/mol. The van der Waals surface area contributed by atoms with Gasteiger partial charge in [0.25, 0.3) is 0 Å². The molecule has 11 rings (SSSR count). The maximum Gasteiger partial charge on any atom is 0.160 e. The first-order chi connectivity index (χ1) is 28.7. The number of hydrogen-bond acceptors (Lipinski definition) is 4. The monoisotopic (exact) mass is 739 g/mol. The lowest BCUT2D eigenvalue weighted by Crippen LogP contribution is -2.32. The standard InChI is InChI=1S/C54H33N3O/c55-34-35-13-11-18-38(29-35)40-25-27-51-47(31-40)54(45-23-9-7-21-43(45)44-22-8-10-24-46(44)54)48-32-42(26-28-52(48)58-51)50-33-49(56-53(57-50)37-16-5-2-6-17-37)41-20-12-19-39(30-41)36-14-3-1-4-15-36/h1-33H. The predicted molar refractivity (Wildman–Crippen MR) is 231 cm³/mol. The van der Waals surface area contributed by atoms with E-state index in [1.165, 1.54) is 22.3 Å². The van der Waals surface area contributed by atoms with Gasteiger partial charge in [-0.15, -0.1) is 0 Å². The zero-order valence-corrected chi connectivity index (χ0v) is 31.3. The van der Waals surface area contributed by atoms with E-state index >= 15 is 0 Å². The Balaban J connectivity index is 1.15. The average molecular weight is 740 g/mol. The van der Waals surface area contributed by atoms with Crippen LogP contribution in [0.25, 0.3) is 67.3 Å². The predicted octanol–water partition coefficient (Wildman–Crippen LogP) is 13.2. The Morgan fingerprint density at radius 2 is 0.862 bits per heavy atom. The van der Waals surface area contributed by atoms with Crippen LogP contribution in [0.4, 0.5) is 0 Å². The molecule has 0 N–H and O–H groups in total. The van der Waals surface area contributed by atoms with Gasteiger partial charge < -0.3 is 4.74 Å². The number of nitriles is 1. The number of ether oxygens (including phenoxy) is 1. The number of aromatic nitrogens is 2. The van der Waals surface area contributed by atoms with E-state index in [0.29, 0.717) is 11.4 Å². The Labute approximate surface area is 337 Å². The highest BCUT2D eigenvalue weighted by Crippen LogP contribution is 2.62. The molecule has 1 aliphatic heterocycles. The molecule has 0 unspecified atom stereocenters. The molecule has 270 valence electrons. The fourth-order valence-corrected chi connectivity index (χ4v) is 8.96. The van der Waals surface area contributed by atoms with Crippen LogP contribution in [0.1, 0.15) is 27.8 Å². The Morgan fingerprint density at radius 1 is 0.379 bits per heavy atom. The van der Waals surface area contributed by atoms with Crippen LogP contribution in [0.5, 0.6) is 11.5 Å². The summed E-state index contributed by atoms with van der Waals surface area (Å²) in [6.45, 7) is 0. The topological polar surface area (TPSA) is 58.8 Å². The van der Waals surface area contributed by atoms with Crippen molar-refractivity contribution in [2.75, 3.05) is 0 Å². The molecule has 1 spiro atoms. The lowest BCUT2D eigenvalue weighted by Gasteiger charge is -2.40. The van der Waals surface area contributed by atoms with Gasteiger partial charge in [-0.2, -0.15) is 5.26 Å². The van der Waals surface area contributed by atoms with Crippen LogP contribution in [0.2, 0.25) is 0 Å². The van der Waals surface area contributed by atoms with Crippen molar-refractivity contribution < 1.29 is 4.74 Å². The molecule has 58 heavy (non-hydrogen) atoms. The summed E-state index contributed by atoms with van der Waals surface area (Å²) >= 11 is 0. The molecule has 4 nitrogen and oxygen atoms in total. The third-order valence-corrected chi connectivity index (χ3v) is 11.6. The highest BCUT2D eigenvalue weighted by molar-refractivity contribution is 5.90. The second kappa shape index (κ2) is 13.4. The highest BCUT2D eigenvalue weighted by atomic mass is 16.5. The first-order valence-corrected chi connectivity index (χ1v) is 19.4. The number of benzene rings is 8. The smallest absolute Gasteiger partial charge is 0.160 e. The highest BCUT2D eigenvalue weighted by Gasteiger charge is 2.51. The summed E-state index contributed by atoms with van der Waals surface area (Å²) in [5.74, 6) is 2.27. The van der Waals surface area contributed by atoms with Gasteiger partial charge in [-0.1, -0.05) is 146 Å². The third-order valence-electron chi connectivity index (χ3n) is 11.6. The van der Waals surface area contributed by atoms with Crippen molar-refractivity contribution in [3.05, 3.63) is 228 Å². The van der Waals surface area contributed by atoms with Gasteiger partial charge in [0.15, 0.2) is 5.82 Å². The minimum absolute atomic E-state index is 0.624.